The third-order valence-corrected chi connectivity index (χ3v) is 1.66. The highest BCUT2D eigenvalue weighted by Gasteiger charge is 1.98. The first-order valence-electron chi connectivity index (χ1n) is 4.43. The van der Waals surface area contributed by atoms with Gasteiger partial charge in [-0.05, 0) is 30.3 Å². The Morgan fingerprint density at radius 3 is 2.00 bits per heavy atom. The SMILES string of the molecule is C=CC(=O)Nc1ccc(NC(C)=O)cc1. The number of hydrogen-bond donors (Lipinski definition) is 2. The van der Waals surface area contributed by atoms with Crippen LogP contribution in [0.5, 0.6) is 0 Å². The van der Waals surface area contributed by atoms with E-state index >= 15 is 0 Å². The van der Waals surface area contributed by atoms with Gasteiger partial charge in [-0.1, -0.05) is 6.58 Å². The Kier molecular flexibility index (Phi) is 3.62. The van der Waals surface area contributed by atoms with E-state index in [4.69, 9.17) is 0 Å². The van der Waals surface area contributed by atoms with Crippen LogP contribution in [0.2, 0.25) is 0 Å². The average Bonchev–Trinajstić information content (AvgIpc) is 2.20. The normalized spacial score (nSPS) is 9.13. The van der Waals surface area contributed by atoms with Crippen molar-refractivity contribution >= 4 is 23.2 Å². The highest BCUT2D eigenvalue weighted by atomic mass is 16.2. The summed E-state index contributed by atoms with van der Waals surface area (Å²) in [6.07, 6.45) is 1.20. The van der Waals surface area contributed by atoms with Crippen molar-refractivity contribution in [3.05, 3.63) is 36.9 Å². The van der Waals surface area contributed by atoms with Gasteiger partial charge in [0.1, 0.15) is 0 Å². The van der Waals surface area contributed by atoms with Crippen molar-refractivity contribution < 1.29 is 9.59 Å². The Balaban J connectivity index is 2.67. The summed E-state index contributed by atoms with van der Waals surface area (Å²) in [4.78, 5) is 21.7. The van der Waals surface area contributed by atoms with E-state index in [2.05, 4.69) is 17.2 Å². The molecular weight excluding hydrogens is 192 g/mol. The summed E-state index contributed by atoms with van der Waals surface area (Å²) in [5, 5.41) is 5.23. The van der Waals surface area contributed by atoms with Crippen molar-refractivity contribution in [1.82, 2.24) is 0 Å². The Bertz CT molecular complexity index is 382. The quantitative estimate of drug-likeness (QED) is 0.737. The molecule has 4 heteroatoms. The zero-order chi connectivity index (χ0) is 11.3. The van der Waals surface area contributed by atoms with E-state index in [1.54, 1.807) is 24.3 Å². The van der Waals surface area contributed by atoms with E-state index in [-0.39, 0.29) is 11.8 Å². The zero-order valence-corrected chi connectivity index (χ0v) is 8.41. The van der Waals surface area contributed by atoms with E-state index in [1.807, 2.05) is 0 Å². The maximum absolute atomic E-state index is 10.9. The van der Waals surface area contributed by atoms with Crippen LogP contribution in [0.15, 0.2) is 36.9 Å². The molecule has 1 rings (SSSR count). The molecule has 0 spiro atoms. The van der Waals surface area contributed by atoms with Gasteiger partial charge >= 0.3 is 0 Å². The number of anilines is 2. The molecule has 2 N–H and O–H groups in total. The first kappa shape index (κ1) is 11.0. The van der Waals surface area contributed by atoms with E-state index < -0.39 is 0 Å². The van der Waals surface area contributed by atoms with E-state index in [9.17, 15) is 9.59 Å². The maximum Gasteiger partial charge on any atom is 0.247 e. The molecule has 0 aromatic heterocycles. The molecule has 1 aromatic carbocycles. The van der Waals surface area contributed by atoms with Crippen molar-refractivity contribution in [1.29, 1.82) is 0 Å². The van der Waals surface area contributed by atoms with Gasteiger partial charge in [-0.25, -0.2) is 0 Å². The molecule has 0 aliphatic heterocycles. The standard InChI is InChI=1S/C11H12N2O2/c1-3-11(15)13-10-6-4-9(5-7-10)12-8(2)14/h3-7H,1H2,2H3,(H,12,14)(H,13,15). The van der Waals surface area contributed by atoms with Gasteiger partial charge < -0.3 is 10.6 Å². The summed E-state index contributed by atoms with van der Waals surface area (Å²) < 4.78 is 0. The largest absolute Gasteiger partial charge is 0.326 e. The minimum atomic E-state index is -0.262. The molecule has 0 atom stereocenters. The van der Waals surface area contributed by atoms with Gasteiger partial charge in [0.2, 0.25) is 11.8 Å². The van der Waals surface area contributed by atoms with Crippen molar-refractivity contribution in [2.24, 2.45) is 0 Å². The number of carbonyl (C=O) groups excluding carboxylic acids is 2. The average molecular weight is 204 g/mol. The third kappa shape index (κ3) is 3.64. The second-order valence-corrected chi connectivity index (χ2v) is 2.95. The number of nitrogens with one attached hydrogen (secondary N) is 2. The number of amides is 2. The van der Waals surface area contributed by atoms with Crippen molar-refractivity contribution in [2.75, 3.05) is 10.6 Å². The molecule has 0 aliphatic carbocycles. The van der Waals surface area contributed by atoms with Crippen LogP contribution in [0.25, 0.3) is 0 Å². The number of carbonyl (C=O) groups is 2. The lowest BCUT2D eigenvalue weighted by Crippen LogP contribution is -2.08. The summed E-state index contributed by atoms with van der Waals surface area (Å²) in [5.41, 5.74) is 1.35. The molecule has 0 bridgehead atoms. The van der Waals surface area contributed by atoms with Gasteiger partial charge in [0.05, 0.1) is 0 Å². The molecule has 2 amide bonds. The van der Waals surface area contributed by atoms with Gasteiger partial charge in [-0.15, -0.1) is 0 Å². The molecule has 0 saturated carbocycles. The van der Waals surface area contributed by atoms with E-state index in [0.29, 0.717) is 11.4 Å². The minimum absolute atomic E-state index is 0.127. The van der Waals surface area contributed by atoms with Crippen molar-refractivity contribution in [3.8, 4) is 0 Å². The highest BCUT2D eigenvalue weighted by Crippen LogP contribution is 2.13. The summed E-state index contributed by atoms with van der Waals surface area (Å²) >= 11 is 0. The number of rotatable bonds is 3. The number of hydrogen-bond acceptors (Lipinski definition) is 2. The summed E-state index contributed by atoms with van der Waals surface area (Å²) in [6.45, 7) is 4.78. The molecular formula is C11H12N2O2. The van der Waals surface area contributed by atoms with Gasteiger partial charge in [0.25, 0.3) is 0 Å². The lowest BCUT2D eigenvalue weighted by Gasteiger charge is -2.04. The molecule has 0 fully saturated rings. The minimum Gasteiger partial charge on any atom is -0.326 e. The topological polar surface area (TPSA) is 58.2 Å². The lowest BCUT2D eigenvalue weighted by atomic mass is 10.2. The Morgan fingerprint density at radius 2 is 1.60 bits per heavy atom. The van der Waals surface area contributed by atoms with Gasteiger partial charge in [-0.2, -0.15) is 0 Å². The van der Waals surface area contributed by atoms with Gasteiger partial charge in [0, 0.05) is 18.3 Å². The molecule has 78 valence electrons. The van der Waals surface area contributed by atoms with Gasteiger partial charge in [-0.3, -0.25) is 9.59 Å². The molecule has 0 radical (unpaired) electrons. The molecule has 1 aromatic rings. The fourth-order valence-corrected chi connectivity index (χ4v) is 1.03. The van der Waals surface area contributed by atoms with Crippen LogP contribution in [0, 0.1) is 0 Å². The van der Waals surface area contributed by atoms with E-state index in [1.165, 1.54) is 13.0 Å². The van der Waals surface area contributed by atoms with Crippen LogP contribution in [0.4, 0.5) is 11.4 Å². The second kappa shape index (κ2) is 4.95. The Labute approximate surface area is 88.0 Å². The maximum atomic E-state index is 10.9. The van der Waals surface area contributed by atoms with Crippen molar-refractivity contribution in [3.63, 3.8) is 0 Å². The van der Waals surface area contributed by atoms with Crippen molar-refractivity contribution in [2.45, 2.75) is 6.92 Å². The van der Waals surface area contributed by atoms with Gasteiger partial charge in [0.15, 0.2) is 0 Å². The highest BCUT2D eigenvalue weighted by molar-refractivity contribution is 5.99. The summed E-state index contributed by atoms with van der Waals surface area (Å²) in [5.74, 6) is -0.389. The smallest absolute Gasteiger partial charge is 0.247 e. The predicted molar refractivity (Wildman–Crippen MR) is 59.6 cm³/mol. The number of benzene rings is 1. The lowest BCUT2D eigenvalue weighted by molar-refractivity contribution is -0.114. The van der Waals surface area contributed by atoms with Crippen LogP contribution in [0.1, 0.15) is 6.92 Å². The van der Waals surface area contributed by atoms with E-state index in [0.717, 1.165) is 0 Å². The Hall–Kier alpha value is -2.10. The van der Waals surface area contributed by atoms with Crippen LogP contribution in [-0.4, -0.2) is 11.8 Å². The molecule has 0 unspecified atom stereocenters. The fourth-order valence-electron chi connectivity index (χ4n) is 1.03. The monoisotopic (exact) mass is 204 g/mol. The van der Waals surface area contributed by atoms with Crippen LogP contribution in [0.3, 0.4) is 0 Å². The third-order valence-electron chi connectivity index (χ3n) is 1.66. The molecule has 15 heavy (non-hydrogen) atoms. The Morgan fingerprint density at radius 1 is 1.13 bits per heavy atom. The van der Waals surface area contributed by atoms with Crippen LogP contribution in [-0.2, 0) is 9.59 Å². The molecule has 0 aliphatic rings. The summed E-state index contributed by atoms with van der Waals surface area (Å²) in [7, 11) is 0. The molecule has 4 nitrogen and oxygen atoms in total. The zero-order valence-electron chi connectivity index (χ0n) is 8.41. The van der Waals surface area contributed by atoms with Crippen LogP contribution >= 0.6 is 0 Å². The fraction of sp³-hybridized carbons (Fsp3) is 0.0909. The molecule has 0 saturated heterocycles. The summed E-state index contributed by atoms with van der Waals surface area (Å²) in [6, 6.07) is 6.82. The first-order valence-corrected chi connectivity index (χ1v) is 4.43. The second-order valence-electron chi connectivity index (χ2n) is 2.95. The predicted octanol–water partition coefficient (Wildman–Crippen LogP) is 1.77. The first-order chi connectivity index (χ1) is 7.11. The molecule has 0 heterocycles. The van der Waals surface area contributed by atoms with Crippen LogP contribution < -0.4 is 10.6 Å².